The van der Waals surface area contributed by atoms with Crippen LogP contribution in [0.4, 0.5) is 0 Å². The Hall–Kier alpha value is -1.81. The van der Waals surface area contributed by atoms with Crippen molar-refractivity contribution >= 4 is 0 Å². The Morgan fingerprint density at radius 2 is 2.10 bits per heavy atom. The summed E-state index contributed by atoms with van der Waals surface area (Å²) in [6, 6.07) is 10.3. The molecule has 1 atom stereocenters. The van der Waals surface area contributed by atoms with E-state index in [4.69, 9.17) is 4.74 Å². The summed E-state index contributed by atoms with van der Waals surface area (Å²) in [5.74, 6) is 0.861. The summed E-state index contributed by atoms with van der Waals surface area (Å²) in [5, 5.41) is 4.38. The van der Waals surface area contributed by atoms with Gasteiger partial charge in [0.15, 0.2) is 12.0 Å². The molecule has 4 heteroatoms. The molecular weight excluding hydrogens is 250 g/mol. The highest BCUT2D eigenvalue weighted by atomic mass is 16.5. The molecule has 4 nitrogen and oxygen atoms in total. The Labute approximate surface area is 120 Å². The highest BCUT2D eigenvalue weighted by molar-refractivity contribution is 5.17. The molecule has 0 N–H and O–H groups in total. The summed E-state index contributed by atoms with van der Waals surface area (Å²) in [6.45, 7) is 1.90. The normalized spacial score (nSPS) is 19.9. The predicted octanol–water partition coefficient (Wildman–Crippen LogP) is 2.75. The molecule has 1 fully saturated rings. The van der Waals surface area contributed by atoms with Crippen LogP contribution in [0.5, 0.6) is 5.75 Å². The van der Waals surface area contributed by atoms with Crippen molar-refractivity contribution in [2.75, 3.05) is 13.6 Å². The highest BCUT2D eigenvalue weighted by Crippen LogP contribution is 2.20. The lowest BCUT2D eigenvalue weighted by atomic mass is 10.1. The van der Waals surface area contributed by atoms with Gasteiger partial charge in [0.1, 0.15) is 0 Å². The van der Waals surface area contributed by atoms with Crippen molar-refractivity contribution in [3.63, 3.8) is 0 Å². The summed E-state index contributed by atoms with van der Waals surface area (Å²) in [4.78, 5) is 2.28. The number of piperidine rings is 1. The summed E-state index contributed by atoms with van der Waals surface area (Å²) in [6.07, 6.45) is 7.59. The third kappa shape index (κ3) is 3.20. The van der Waals surface area contributed by atoms with Crippen LogP contribution in [0.1, 0.15) is 24.8 Å². The lowest BCUT2D eigenvalue weighted by Gasteiger charge is -2.31. The average Bonchev–Trinajstić information content (AvgIpc) is 2.90. The molecule has 1 saturated heterocycles. The maximum Gasteiger partial charge on any atom is 0.159 e. The van der Waals surface area contributed by atoms with Crippen LogP contribution in [0, 0.1) is 0 Å². The summed E-state index contributed by atoms with van der Waals surface area (Å²) in [7, 11) is 2.12. The Morgan fingerprint density at radius 3 is 2.90 bits per heavy atom. The Kier molecular flexibility index (Phi) is 4.02. The molecule has 0 amide bonds. The van der Waals surface area contributed by atoms with E-state index in [-0.39, 0.29) is 6.23 Å². The van der Waals surface area contributed by atoms with Gasteiger partial charge >= 0.3 is 0 Å². The number of nitrogens with zero attached hydrogens (tertiary/aromatic N) is 3. The Balaban J connectivity index is 1.62. The van der Waals surface area contributed by atoms with Gasteiger partial charge in [-0.3, -0.25) is 9.58 Å². The van der Waals surface area contributed by atoms with Gasteiger partial charge in [0, 0.05) is 6.54 Å². The molecule has 2 heterocycles. The fraction of sp³-hybridized carbons (Fsp3) is 0.438. The second kappa shape index (κ2) is 6.09. The van der Waals surface area contributed by atoms with Gasteiger partial charge in [0.2, 0.25) is 0 Å². The first-order valence-electron chi connectivity index (χ1n) is 7.24. The first-order valence-corrected chi connectivity index (χ1v) is 7.24. The van der Waals surface area contributed by atoms with E-state index >= 15 is 0 Å². The van der Waals surface area contributed by atoms with Crippen LogP contribution in [-0.4, -0.2) is 34.5 Å². The standard InChI is InChI=1S/C16H21N3O/c1-18-10-6-5-9-16(18)20-15-11-17-19(13-15)12-14-7-3-2-4-8-14/h2-4,7-8,11,13,16H,5-6,9-10,12H2,1H3. The molecule has 20 heavy (non-hydrogen) atoms. The van der Waals surface area contributed by atoms with Gasteiger partial charge in [-0.15, -0.1) is 0 Å². The largest absolute Gasteiger partial charge is 0.472 e. The lowest BCUT2D eigenvalue weighted by molar-refractivity contribution is 0.0150. The fourth-order valence-electron chi connectivity index (χ4n) is 2.61. The van der Waals surface area contributed by atoms with E-state index < -0.39 is 0 Å². The Morgan fingerprint density at radius 1 is 1.25 bits per heavy atom. The van der Waals surface area contributed by atoms with Gasteiger partial charge < -0.3 is 4.74 Å². The molecule has 2 aromatic rings. The number of benzene rings is 1. The van der Waals surface area contributed by atoms with Crippen LogP contribution >= 0.6 is 0 Å². The maximum absolute atomic E-state index is 6.03. The molecule has 0 bridgehead atoms. The molecule has 0 spiro atoms. The van der Waals surface area contributed by atoms with Gasteiger partial charge in [-0.2, -0.15) is 5.10 Å². The van der Waals surface area contributed by atoms with Crippen LogP contribution < -0.4 is 4.74 Å². The fourth-order valence-corrected chi connectivity index (χ4v) is 2.61. The monoisotopic (exact) mass is 271 g/mol. The molecule has 0 radical (unpaired) electrons. The summed E-state index contributed by atoms with van der Waals surface area (Å²) in [5.41, 5.74) is 1.25. The third-order valence-electron chi connectivity index (χ3n) is 3.77. The number of ether oxygens (including phenoxy) is 1. The van der Waals surface area contributed by atoms with E-state index in [2.05, 4.69) is 29.2 Å². The van der Waals surface area contributed by atoms with E-state index in [9.17, 15) is 0 Å². The van der Waals surface area contributed by atoms with Crippen LogP contribution in [0.15, 0.2) is 42.7 Å². The van der Waals surface area contributed by atoms with Crippen LogP contribution in [0.25, 0.3) is 0 Å². The van der Waals surface area contributed by atoms with Crippen molar-refractivity contribution in [3.8, 4) is 5.75 Å². The quantitative estimate of drug-likeness (QED) is 0.856. The van der Waals surface area contributed by atoms with Crippen molar-refractivity contribution < 1.29 is 4.74 Å². The van der Waals surface area contributed by atoms with E-state index in [0.29, 0.717) is 0 Å². The smallest absolute Gasteiger partial charge is 0.159 e. The van der Waals surface area contributed by atoms with Crippen LogP contribution in [-0.2, 0) is 6.54 Å². The predicted molar refractivity (Wildman–Crippen MR) is 78.7 cm³/mol. The topological polar surface area (TPSA) is 30.3 Å². The van der Waals surface area contributed by atoms with Crippen LogP contribution in [0.2, 0.25) is 0 Å². The first kappa shape index (κ1) is 13.2. The number of likely N-dealkylation sites (tertiary alicyclic amines) is 1. The highest BCUT2D eigenvalue weighted by Gasteiger charge is 2.20. The minimum atomic E-state index is 0.193. The van der Waals surface area contributed by atoms with Gasteiger partial charge in [0.05, 0.1) is 18.9 Å². The number of hydrogen-bond donors (Lipinski definition) is 0. The molecule has 106 valence electrons. The van der Waals surface area contributed by atoms with Gasteiger partial charge in [-0.1, -0.05) is 30.3 Å². The molecule has 3 rings (SSSR count). The molecule has 1 aromatic heterocycles. The Bertz CT molecular complexity index is 538. The number of rotatable bonds is 4. The van der Waals surface area contributed by atoms with Crippen molar-refractivity contribution in [1.82, 2.24) is 14.7 Å². The second-order valence-corrected chi connectivity index (χ2v) is 5.41. The zero-order chi connectivity index (χ0) is 13.8. The van der Waals surface area contributed by atoms with E-state index in [1.54, 1.807) is 0 Å². The minimum absolute atomic E-state index is 0.193. The zero-order valence-electron chi connectivity index (χ0n) is 11.9. The number of hydrogen-bond acceptors (Lipinski definition) is 3. The van der Waals surface area contributed by atoms with Gasteiger partial charge in [-0.25, -0.2) is 0 Å². The molecular formula is C16H21N3O. The molecule has 0 aliphatic carbocycles. The second-order valence-electron chi connectivity index (χ2n) is 5.41. The maximum atomic E-state index is 6.03. The zero-order valence-corrected chi connectivity index (χ0v) is 11.9. The molecule has 0 saturated carbocycles. The third-order valence-corrected chi connectivity index (χ3v) is 3.77. The molecule has 1 aliphatic heterocycles. The van der Waals surface area contributed by atoms with Crippen molar-refractivity contribution in [1.29, 1.82) is 0 Å². The van der Waals surface area contributed by atoms with Crippen molar-refractivity contribution in [2.45, 2.75) is 32.0 Å². The van der Waals surface area contributed by atoms with E-state index in [1.165, 1.54) is 18.4 Å². The summed E-state index contributed by atoms with van der Waals surface area (Å²) < 4.78 is 7.95. The van der Waals surface area contributed by atoms with Gasteiger partial charge in [-0.05, 0) is 31.9 Å². The molecule has 1 aliphatic rings. The van der Waals surface area contributed by atoms with E-state index in [0.717, 1.165) is 25.3 Å². The lowest BCUT2D eigenvalue weighted by Crippen LogP contribution is -2.40. The average molecular weight is 271 g/mol. The van der Waals surface area contributed by atoms with E-state index in [1.807, 2.05) is 35.3 Å². The SMILES string of the molecule is CN1CCCCC1Oc1cnn(Cc2ccccc2)c1. The summed E-state index contributed by atoms with van der Waals surface area (Å²) >= 11 is 0. The first-order chi connectivity index (χ1) is 9.81. The minimum Gasteiger partial charge on any atom is -0.472 e. The van der Waals surface area contributed by atoms with Crippen molar-refractivity contribution in [2.24, 2.45) is 0 Å². The van der Waals surface area contributed by atoms with Gasteiger partial charge in [0.25, 0.3) is 0 Å². The molecule has 1 unspecified atom stereocenters. The van der Waals surface area contributed by atoms with Crippen LogP contribution in [0.3, 0.4) is 0 Å². The van der Waals surface area contributed by atoms with Crippen molar-refractivity contribution in [3.05, 3.63) is 48.3 Å². The molecule has 1 aromatic carbocycles. The number of aromatic nitrogens is 2.